The largest absolute Gasteiger partial charge is 0.303 e. The van der Waals surface area contributed by atoms with Crippen LogP contribution >= 0.6 is 15.9 Å². The lowest BCUT2D eigenvalue weighted by Gasteiger charge is -2.45. The van der Waals surface area contributed by atoms with Gasteiger partial charge < -0.3 is 4.90 Å². The van der Waals surface area contributed by atoms with E-state index in [-0.39, 0.29) is 0 Å². The van der Waals surface area contributed by atoms with E-state index in [2.05, 4.69) is 27.8 Å². The van der Waals surface area contributed by atoms with E-state index in [9.17, 15) is 0 Å². The van der Waals surface area contributed by atoms with Crippen LogP contribution in [-0.4, -0.2) is 29.9 Å². The summed E-state index contributed by atoms with van der Waals surface area (Å²) in [5.41, 5.74) is 0.769. The van der Waals surface area contributed by atoms with Crippen molar-refractivity contribution in [3.05, 3.63) is 0 Å². The molecule has 0 radical (unpaired) electrons. The monoisotopic (exact) mass is 301 g/mol. The standard InChI is InChI=1S/C15H28BrN/c1-2-14(12-16)13-17-10-8-15(9-11-17)6-4-3-5-7-15/h14H,2-13H2,1H3. The van der Waals surface area contributed by atoms with E-state index in [1.54, 1.807) is 0 Å². The zero-order chi connectivity index (χ0) is 12.1. The van der Waals surface area contributed by atoms with Crippen molar-refractivity contribution in [1.29, 1.82) is 0 Å². The fourth-order valence-electron chi connectivity index (χ4n) is 3.66. The van der Waals surface area contributed by atoms with Gasteiger partial charge in [-0.3, -0.25) is 0 Å². The van der Waals surface area contributed by atoms with Crippen molar-refractivity contribution in [2.45, 2.75) is 58.3 Å². The summed E-state index contributed by atoms with van der Waals surface area (Å²) in [7, 11) is 0. The molecule has 1 spiro atoms. The van der Waals surface area contributed by atoms with E-state index in [1.165, 1.54) is 76.3 Å². The lowest BCUT2D eigenvalue weighted by molar-refractivity contribution is 0.0612. The summed E-state index contributed by atoms with van der Waals surface area (Å²) in [4.78, 5) is 2.72. The first-order valence-corrected chi connectivity index (χ1v) is 8.68. The Bertz CT molecular complexity index is 209. The predicted molar refractivity (Wildman–Crippen MR) is 78.8 cm³/mol. The molecule has 0 bridgehead atoms. The van der Waals surface area contributed by atoms with E-state index in [4.69, 9.17) is 0 Å². The van der Waals surface area contributed by atoms with Crippen LogP contribution in [0.15, 0.2) is 0 Å². The van der Waals surface area contributed by atoms with Gasteiger partial charge in [0.2, 0.25) is 0 Å². The summed E-state index contributed by atoms with van der Waals surface area (Å²) in [5, 5.41) is 1.17. The molecule has 0 aromatic heterocycles. The first-order chi connectivity index (χ1) is 8.28. The molecule has 2 fully saturated rings. The van der Waals surface area contributed by atoms with Crippen LogP contribution in [0.5, 0.6) is 0 Å². The third kappa shape index (κ3) is 3.70. The average Bonchev–Trinajstić information content (AvgIpc) is 2.39. The van der Waals surface area contributed by atoms with E-state index >= 15 is 0 Å². The Balaban J connectivity index is 1.77. The van der Waals surface area contributed by atoms with Crippen molar-refractivity contribution in [2.75, 3.05) is 25.0 Å². The van der Waals surface area contributed by atoms with Gasteiger partial charge in [0, 0.05) is 11.9 Å². The number of likely N-dealkylation sites (tertiary alicyclic amines) is 1. The fraction of sp³-hybridized carbons (Fsp3) is 1.00. The first kappa shape index (κ1) is 13.9. The molecule has 2 aliphatic rings. The molecule has 2 heteroatoms. The highest BCUT2D eigenvalue weighted by Crippen LogP contribution is 2.44. The maximum absolute atomic E-state index is 3.65. The Morgan fingerprint density at radius 2 is 1.71 bits per heavy atom. The number of rotatable bonds is 4. The van der Waals surface area contributed by atoms with Crippen molar-refractivity contribution >= 4 is 15.9 Å². The minimum atomic E-state index is 0.769. The van der Waals surface area contributed by atoms with Crippen LogP contribution in [0, 0.1) is 11.3 Å². The van der Waals surface area contributed by atoms with Crippen LogP contribution < -0.4 is 0 Å². The second-order valence-electron chi connectivity index (χ2n) is 6.29. The third-order valence-electron chi connectivity index (χ3n) is 5.14. The Labute approximate surface area is 115 Å². The summed E-state index contributed by atoms with van der Waals surface area (Å²) in [6.45, 7) is 6.36. The summed E-state index contributed by atoms with van der Waals surface area (Å²) >= 11 is 3.65. The van der Waals surface area contributed by atoms with Gasteiger partial charge in [0.25, 0.3) is 0 Å². The Morgan fingerprint density at radius 3 is 2.24 bits per heavy atom. The average molecular weight is 302 g/mol. The minimum absolute atomic E-state index is 0.769. The normalized spacial score (nSPS) is 27.2. The van der Waals surface area contributed by atoms with Crippen molar-refractivity contribution < 1.29 is 0 Å². The molecule has 1 unspecified atom stereocenters. The van der Waals surface area contributed by atoms with Gasteiger partial charge in [-0.25, -0.2) is 0 Å². The molecule has 0 N–H and O–H groups in total. The third-order valence-corrected chi connectivity index (χ3v) is 6.06. The highest BCUT2D eigenvalue weighted by atomic mass is 79.9. The van der Waals surface area contributed by atoms with Crippen LogP contribution in [0.25, 0.3) is 0 Å². The molecule has 17 heavy (non-hydrogen) atoms. The topological polar surface area (TPSA) is 3.24 Å². The number of nitrogens with zero attached hydrogens (tertiary/aromatic N) is 1. The van der Waals surface area contributed by atoms with Gasteiger partial charge in [-0.2, -0.15) is 0 Å². The fourth-order valence-corrected chi connectivity index (χ4v) is 4.33. The second-order valence-corrected chi connectivity index (χ2v) is 6.94. The minimum Gasteiger partial charge on any atom is -0.303 e. The van der Waals surface area contributed by atoms with Crippen molar-refractivity contribution in [3.8, 4) is 0 Å². The number of hydrogen-bond donors (Lipinski definition) is 0. The summed E-state index contributed by atoms with van der Waals surface area (Å²) in [6, 6.07) is 0. The maximum Gasteiger partial charge on any atom is 0.00717 e. The highest BCUT2D eigenvalue weighted by molar-refractivity contribution is 9.09. The smallest absolute Gasteiger partial charge is 0.00717 e. The quantitative estimate of drug-likeness (QED) is 0.693. The SMILES string of the molecule is CCC(CBr)CN1CCC2(CCCCC2)CC1. The van der Waals surface area contributed by atoms with Crippen LogP contribution in [-0.2, 0) is 0 Å². The molecule has 1 saturated heterocycles. The molecule has 2 rings (SSSR count). The van der Waals surface area contributed by atoms with Gasteiger partial charge in [0.05, 0.1) is 0 Å². The van der Waals surface area contributed by atoms with Gasteiger partial charge in [0.15, 0.2) is 0 Å². The number of hydrogen-bond acceptors (Lipinski definition) is 1. The lowest BCUT2D eigenvalue weighted by Crippen LogP contribution is -2.43. The predicted octanol–water partition coefficient (Wildman–Crippen LogP) is 4.45. The molecule has 0 aromatic rings. The summed E-state index contributed by atoms with van der Waals surface area (Å²) < 4.78 is 0. The van der Waals surface area contributed by atoms with Crippen LogP contribution in [0.4, 0.5) is 0 Å². The molecule has 0 aromatic carbocycles. The molecule has 1 atom stereocenters. The van der Waals surface area contributed by atoms with Crippen LogP contribution in [0.2, 0.25) is 0 Å². The number of alkyl halides is 1. The van der Waals surface area contributed by atoms with Gasteiger partial charge in [-0.1, -0.05) is 48.5 Å². The van der Waals surface area contributed by atoms with Crippen molar-refractivity contribution in [2.24, 2.45) is 11.3 Å². The number of piperidine rings is 1. The van der Waals surface area contributed by atoms with Gasteiger partial charge in [0.1, 0.15) is 0 Å². The second kappa shape index (κ2) is 6.56. The Kier molecular flexibility index (Phi) is 5.35. The molecule has 100 valence electrons. The molecule has 1 nitrogen and oxygen atoms in total. The zero-order valence-corrected chi connectivity index (χ0v) is 13.0. The molecule has 1 saturated carbocycles. The van der Waals surface area contributed by atoms with Gasteiger partial charge in [-0.05, 0) is 50.1 Å². The Hall–Kier alpha value is 0.440. The molecule has 1 aliphatic carbocycles. The van der Waals surface area contributed by atoms with Crippen LogP contribution in [0.1, 0.15) is 58.3 Å². The molecular formula is C15H28BrN. The van der Waals surface area contributed by atoms with Crippen molar-refractivity contribution in [3.63, 3.8) is 0 Å². The zero-order valence-electron chi connectivity index (χ0n) is 11.4. The summed E-state index contributed by atoms with van der Waals surface area (Å²) in [6.07, 6.45) is 11.8. The van der Waals surface area contributed by atoms with E-state index in [1.807, 2.05) is 0 Å². The van der Waals surface area contributed by atoms with Gasteiger partial charge >= 0.3 is 0 Å². The molecule has 1 aliphatic heterocycles. The Morgan fingerprint density at radius 1 is 1.06 bits per heavy atom. The maximum atomic E-state index is 3.65. The van der Waals surface area contributed by atoms with E-state index in [0.717, 1.165) is 11.3 Å². The molecule has 0 amide bonds. The van der Waals surface area contributed by atoms with Gasteiger partial charge in [-0.15, -0.1) is 0 Å². The van der Waals surface area contributed by atoms with E-state index in [0.29, 0.717) is 0 Å². The van der Waals surface area contributed by atoms with Crippen molar-refractivity contribution in [1.82, 2.24) is 4.90 Å². The number of halogens is 1. The van der Waals surface area contributed by atoms with Crippen LogP contribution in [0.3, 0.4) is 0 Å². The molecule has 1 heterocycles. The lowest BCUT2D eigenvalue weighted by atomic mass is 9.68. The first-order valence-electron chi connectivity index (χ1n) is 7.56. The summed E-state index contributed by atoms with van der Waals surface area (Å²) in [5.74, 6) is 0.857. The van der Waals surface area contributed by atoms with E-state index < -0.39 is 0 Å². The highest BCUT2D eigenvalue weighted by Gasteiger charge is 2.35. The molecular weight excluding hydrogens is 274 g/mol.